The summed E-state index contributed by atoms with van der Waals surface area (Å²) in [5, 5.41) is 9.64. The summed E-state index contributed by atoms with van der Waals surface area (Å²) in [7, 11) is -4.43. The molecular formula is C10H16N3O5P. The molecule has 1 aromatic heterocycles. The van der Waals surface area contributed by atoms with Crippen molar-refractivity contribution in [2.75, 3.05) is 12.3 Å². The van der Waals surface area contributed by atoms with Gasteiger partial charge in [0.15, 0.2) is 0 Å². The maximum Gasteiger partial charge on any atom is 0.333 e. The lowest BCUT2D eigenvalue weighted by Crippen LogP contribution is -2.26. The summed E-state index contributed by atoms with van der Waals surface area (Å²) in [6.45, 7) is 0.965. The number of pyridine rings is 1. The van der Waals surface area contributed by atoms with E-state index in [1.807, 2.05) is 0 Å². The molecule has 0 aromatic carbocycles. The fraction of sp³-hybridized carbons (Fsp3) is 0.400. The molecule has 0 aliphatic rings. The van der Waals surface area contributed by atoms with E-state index in [4.69, 9.17) is 5.73 Å². The molecule has 8 nitrogen and oxygen atoms in total. The molecular weight excluding hydrogens is 273 g/mol. The molecule has 0 saturated carbocycles. The van der Waals surface area contributed by atoms with E-state index in [2.05, 4.69) is 4.98 Å². The van der Waals surface area contributed by atoms with Crippen LogP contribution in [0.2, 0.25) is 0 Å². The Bertz CT molecular complexity index is 486. The van der Waals surface area contributed by atoms with Gasteiger partial charge in [0.05, 0.1) is 5.66 Å². The van der Waals surface area contributed by atoms with Crippen LogP contribution < -0.4 is 5.73 Å². The van der Waals surface area contributed by atoms with Crippen LogP contribution in [0.5, 0.6) is 0 Å². The van der Waals surface area contributed by atoms with Gasteiger partial charge in [-0.1, -0.05) is 6.07 Å². The third-order valence-corrected chi connectivity index (χ3v) is 3.95. The molecule has 0 saturated heterocycles. The summed E-state index contributed by atoms with van der Waals surface area (Å²) in [5.41, 5.74) is 4.56. The highest BCUT2D eigenvalue weighted by atomic mass is 31.2. The molecule has 0 bridgehead atoms. The molecule has 1 atom stereocenters. The molecule has 0 aliphatic heterocycles. The Labute approximate surface area is 110 Å². The normalized spacial score (nSPS) is 13.1. The SMILES string of the molecule is CC(=O)N(O)CCC(c1ccc(N)nc1)P(=O)(O)O. The number of hydrogen-bond donors (Lipinski definition) is 4. The van der Waals surface area contributed by atoms with E-state index in [1.54, 1.807) is 0 Å². The van der Waals surface area contributed by atoms with Crippen molar-refractivity contribution in [3.05, 3.63) is 23.9 Å². The number of nitrogen functional groups attached to an aromatic ring is 1. The minimum atomic E-state index is -4.43. The molecule has 0 aliphatic carbocycles. The topological polar surface area (TPSA) is 137 Å². The maximum absolute atomic E-state index is 11.4. The monoisotopic (exact) mass is 289 g/mol. The number of aromatic nitrogens is 1. The minimum Gasteiger partial charge on any atom is -0.384 e. The number of hydrogen-bond acceptors (Lipinski definition) is 5. The molecule has 0 spiro atoms. The molecule has 1 heterocycles. The zero-order valence-electron chi connectivity index (χ0n) is 10.3. The molecule has 106 valence electrons. The van der Waals surface area contributed by atoms with E-state index in [9.17, 15) is 24.4 Å². The second kappa shape index (κ2) is 6.12. The number of nitrogens with zero attached hydrogens (tertiary/aromatic N) is 2. The van der Waals surface area contributed by atoms with Crippen molar-refractivity contribution in [1.29, 1.82) is 0 Å². The van der Waals surface area contributed by atoms with Crippen LogP contribution in [0.4, 0.5) is 5.82 Å². The molecule has 1 amide bonds. The average Bonchev–Trinajstić information content (AvgIpc) is 2.29. The molecule has 0 fully saturated rings. The maximum atomic E-state index is 11.4. The van der Waals surface area contributed by atoms with Gasteiger partial charge in [-0.05, 0) is 18.1 Å². The Morgan fingerprint density at radius 2 is 2.16 bits per heavy atom. The zero-order valence-corrected chi connectivity index (χ0v) is 11.2. The van der Waals surface area contributed by atoms with Crippen molar-refractivity contribution in [3.8, 4) is 0 Å². The number of carbonyl (C=O) groups excluding carboxylic acids is 1. The second-order valence-corrected chi connectivity index (χ2v) is 5.85. The highest BCUT2D eigenvalue weighted by molar-refractivity contribution is 7.52. The van der Waals surface area contributed by atoms with E-state index in [-0.39, 0.29) is 18.8 Å². The summed E-state index contributed by atoms with van der Waals surface area (Å²) >= 11 is 0. The van der Waals surface area contributed by atoms with Crippen LogP contribution in [-0.4, -0.2) is 37.5 Å². The van der Waals surface area contributed by atoms with E-state index < -0.39 is 19.2 Å². The summed E-state index contributed by atoms with van der Waals surface area (Å²) < 4.78 is 11.4. The molecule has 0 radical (unpaired) electrons. The first-order valence-electron chi connectivity index (χ1n) is 5.45. The number of carbonyl (C=O) groups is 1. The van der Waals surface area contributed by atoms with Gasteiger partial charge in [-0.3, -0.25) is 14.6 Å². The average molecular weight is 289 g/mol. The summed E-state index contributed by atoms with van der Waals surface area (Å²) in [4.78, 5) is 33.2. The predicted octanol–water partition coefficient (Wildman–Crippen LogP) is 0.510. The van der Waals surface area contributed by atoms with Crippen LogP contribution >= 0.6 is 7.60 Å². The molecule has 5 N–H and O–H groups in total. The minimum absolute atomic E-state index is 0.0913. The van der Waals surface area contributed by atoms with Crippen molar-refractivity contribution in [1.82, 2.24) is 10.0 Å². The quantitative estimate of drug-likeness (QED) is 0.352. The third kappa shape index (κ3) is 4.60. The lowest BCUT2D eigenvalue weighted by molar-refractivity contribution is -0.162. The predicted molar refractivity (Wildman–Crippen MR) is 67.2 cm³/mol. The number of rotatable bonds is 5. The van der Waals surface area contributed by atoms with Crippen molar-refractivity contribution >= 4 is 19.3 Å². The number of hydroxylamine groups is 2. The Balaban J connectivity index is 2.88. The van der Waals surface area contributed by atoms with Crippen LogP contribution in [-0.2, 0) is 9.36 Å². The highest BCUT2D eigenvalue weighted by Gasteiger charge is 2.31. The van der Waals surface area contributed by atoms with Gasteiger partial charge in [-0.2, -0.15) is 0 Å². The summed E-state index contributed by atoms with van der Waals surface area (Å²) in [5.74, 6) is -0.361. The first-order chi connectivity index (χ1) is 8.71. The van der Waals surface area contributed by atoms with E-state index in [0.717, 1.165) is 6.92 Å². The molecule has 9 heteroatoms. The first kappa shape index (κ1) is 15.6. The molecule has 1 unspecified atom stereocenters. The van der Waals surface area contributed by atoms with E-state index in [1.165, 1.54) is 18.3 Å². The fourth-order valence-electron chi connectivity index (χ4n) is 1.54. The third-order valence-electron chi connectivity index (χ3n) is 2.58. The highest BCUT2D eigenvalue weighted by Crippen LogP contribution is 2.53. The van der Waals surface area contributed by atoms with Crippen LogP contribution in [0.25, 0.3) is 0 Å². The molecule has 19 heavy (non-hydrogen) atoms. The van der Waals surface area contributed by atoms with E-state index >= 15 is 0 Å². The largest absolute Gasteiger partial charge is 0.384 e. The van der Waals surface area contributed by atoms with Gasteiger partial charge < -0.3 is 15.5 Å². The summed E-state index contributed by atoms with van der Waals surface area (Å²) in [6.07, 6.45) is 1.18. The number of nitrogens with two attached hydrogens (primary N) is 1. The van der Waals surface area contributed by atoms with Crippen molar-refractivity contribution in [2.24, 2.45) is 0 Å². The van der Waals surface area contributed by atoms with Crippen LogP contribution in [0.1, 0.15) is 24.6 Å². The van der Waals surface area contributed by atoms with Gasteiger partial charge in [0, 0.05) is 19.7 Å². The smallest absolute Gasteiger partial charge is 0.333 e. The van der Waals surface area contributed by atoms with Gasteiger partial charge in [-0.25, -0.2) is 10.0 Å². The lowest BCUT2D eigenvalue weighted by Gasteiger charge is -2.21. The van der Waals surface area contributed by atoms with Gasteiger partial charge in [0.1, 0.15) is 5.82 Å². The Morgan fingerprint density at radius 3 is 2.58 bits per heavy atom. The lowest BCUT2D eigenvalue weighted by atomic mass is 10.1. The van der Waals surface area contributed by atoms with E-state index in [0.29, 0.717) is 10.6 Å². The Hall–Kier alpha value is -1.47. The van der Waals surface area contributed by atoms with Crippen molar-refractivity contribution in [2.45, 2.75) is 19.0 Å². The fourth-order valence-corrected chi connectivity index (χ4v) is 2.54. The van der Waals surface area contributed by atoms with Crippen LogP contribution in [0, 0.1) is 0 Å². The Morgan fingerprint density at radius 1 is 1.53 bits per heavy atom. The summed E-state index contributed by atoms with van der Waals surface area (Å²) in [6, 6.07) is 2.89. The first-order valence-corrected chi connectivity index (χ1v) is 7.13. The van der Waals surface area contributed by atoms with Crippen LogP contribution in [0.3, 0.4) is 0 Å². The van der Waals surface area contributed by atoms with Gasteiger partial charge in [-0.15, -0.1) is 0 Å². The number of anilines is 1. The molecule has 1 rings (SSSR count). The Kier molecular flexibility index (Phi) is 5.02. The van der Waals surface area contributed by atoms with Crippen molar-refractivity contribution < 1.29 is 24.4 Å². The second-order valence-electron chi connectivity index (χ2n) is 4.05. The molecule has 1 aromatic rings. The van der Waals surface area contributed by atoms with Crippen molar-refractivity contribution in [3.63, 3.8) is 0 Å². The van der Waals surface area contributed by atoms with Crippen LogP contribution in [0.15, 0.2) is 18.3 Å². The zero-order chi connectivity index (χ0) is 14.6. The standard InChI is InChI=1S/C10H16N3O5P/c1-7(14)13(15)5-4-9(19(16,17)18)8-2-3-10(11)12-6-8/h2-3,6,9,15H,4-5H2,1H3,(H2,11,12)(H2,16,17,18). The van der Waals surface area contributed by atoms with Gasteiger partial charge in [0.2, 0.25) is 5.91 Å². The van der Waals surface area contributed by atoms with Gasteiger partial charge >= 0.3 is 7.60 Å². The van der Waals surface area contributed by atoms with Gasteiger partial charge in [0.25, 0.3) is 0 Å². The number of amides is 1.